The quantitative estimate of drug-likeness (QED) is 0.569. The van der Waals surface area contributed by atoms with Gasteiger partial charge in [0.25, 0.3) is 0 Å². The zero-order valence-corrected chi connectivity index (χ0v) is 5.98. The van der Waals surface area contributed by atoms with E-state index in [4.69, 9.17) is 5.11 Å². The predicted octanol–water partition coefficient (Wildman–Crippen LogP) is 0.511. The van der Waals surface area contributed by atoms with Crippen molar-refractivity contribution < 1.29 is 5.11 Å². The van der Waals surface area contributed by atoms with Crippen LogP contribution in [-0.4, -0.2) is 23.8 Å². The Morgan fingerprint density at radius 1 is 1.67 bits per heavy atom. The molecule has 1 aliphatic heterocycles. The lowest BCUT2D eigenvalue weighted by Crippen LogP contribution is -2.42. The zero-order chi connectivity index (χ0) is 6.74. The molecule has 0 spiro atoms. The Kier molecular flexibility index (Phi) is 2.09. The first-order valence-corrected chi connectivity index (χ1v) is 3.69. The van der Waals surface area contributed by atoms with E-state index < -0.39 is 0 Å². The summed E-state index contributed by atoms with van der Waals surface area (Å²) in [5.74, 6) is 0. The Bertz CT molecular complexity index is 80.9. The van der Waals surface area contributed by atoms with Crippen LogP contribution < -0.4 is 5.32 Å². The number of hydrogen-bond acceptors (Lipinski definition) is 2. The van der Waals surface area contributed by atoms with Gasteiger partial charge in [0.1, 0.15) is 0 Å². The lowest BCUT2D eigenvalue weighted by atomic mass is 9.96. The van der Waals surface area contributed by atoms with Crippen molar-refractivity contribution in [3.05, 3.63) is 0 Å². The molecule has 1 saturated heterocycles. The molecule has 0 aromatic heterocycles. The summed E-state index contributed by atoms with van der Waals surface area (Å²) < 4.78 is 0. The molecule has 0 aliphatic carbocycles. The Labute approximate surface area is 56.3 Å². The lowest BCUT2D eigenvalue weighted by molar-refractivity contribution is 0.174. The van der Waals surface area contributed by atoms with Gasteiger partial charge in [0, 0.05) is 5.54 Å². The van der Waals surface area contributed by atoms with Crippen LogP contribution in [0.1, 0.15) is 26.2 Å². The molecule has 1 aliphatic rings. The molecule has 2 N–H and O–H groups in total. The third kappa shape index (κ3) is 1.25. The fraction of sp³-hybridized carbons (Fsp3) is 1.00. The summed E-state index contributed by atoms with van der Waals surface area (Å²) in [5.41, 5.74) is 0.0833. The van der Waals surface area contributed by atoms with E-state index in [2.05, 4.69) is 12.2 Å². The van der Waals surface area contributed by atoms with Crippen molar-refractivity contribution in [2.45, 2.75) is 31.7 Å². The van der Waals surface area contributed by atoms with E-state index in [-0.39, 0.29) is 5.54 Å². The minimum absolute atomic E-state index is 0.0833. The summed E-state index contributed by atoms with van der Waals surface area (Å²) in [6.45, 7) is 3.49. The summed E-state index contributed by atoms with van der Waals surface area (Å²) in [6, 6.07) is 0. The molecule has 1 heterocycles. The van der Waals surface area contributed by atoms with Crippen molar-refractivity contribution in [2.24, 2.45) is 0 Å². The second kappa shape index (κ2) is 2.67. The highest BCUT2D eigenvalue weighted by Crippen LogP contribution is 2.21. The van der Waals surface area contributed by atoms with Crippen molar-refractivity contribution in [1.82, 2.24) is 5.32 Å². The van der Waals surface area contributed by atoms with Gasteiger partial charge in [-0.05, 0) is 25.8 Å². The topological polar surface area (TPSA) is 32.3 Å². The van der Waals surface area contributed by atoms with Gasteiger partial charge in [-0.2, -0.15) is 0 Å². The number of rotatable bonds is 2. The summed E-state index contributed by atoms with van der Waals surface area (Å²) in [7, 11) is 0. The van der Waals surface area contributed by atoms with Crippen LogP contribution in [0.25, 0.3) is 0 Å². The fourth-order valence-corrected chi connectivity index (χ4v) is 1.42. The normalized spacial score (nSPS) is 35.3. The van der Waals surface area contributed by atoms with Crippen LogP contribution in [0, 0.1) is 0 Å². The van der Waals surface area contributed by atoms with Crippen LogP contribution in [0.15, 0.2) is 0 Å². The maximum absolute atomic E-state index is 8.95. The van der Waals surface area contributed by atoms with Crippen molar-refractivity contribution in [3.63, 3.8) is 0 Å². The summed E-state index contributed by atoms with van der Waals surface area (Å²) in [6.07, 6.45) is 3.40. The van der Waals surface area contributed by atoms with E-state index >= 15 is 0 Å². The maximum atomic E-state index is 8.95. The molecule has 0 unspecified atom stereocenters. The average Bonchev–Trinajstić information content (AvgIpc) is 2.36. The third-order valence-electron chi connectivity index (χ3n) is 2.31. The largest absolute Gasteiger partial charge is 0.394 e. The molecule has 9 heavy (non-hydrogen) atoms. The molecular weight excluding hydrogens is 114 g/mol. The molecule has 2 heteroatoms. The van der Waals surface area contributed by atoms with E-state index in [1.807, 2.05) is 0 Å². The van der Waals surface area contributed by atoms with Gasteiger partial charge in [-0.1, -0.05) is 6.92 Å². The Morgan fingerprint density at radius 2 is 2.44 bits per heavy atom. The summed E-state index contributed by atoms with van der Waals surface area (Å²) >= 11 is 0. The van der Waals surface area contributed by atoms with Gasteiger partial charge in [0.15, 0.2) is 0 Å². The average molecular weight is 129 g/mol. The van der Waals surface area contributed by atoms with Crippen LogP contribution in [0.4, 0.5) is 0 Å². The zero-order valence-electron chi connectivity index (χ0n) is 5.98. The third-order valence-corrected chi connectivity index (χ3v) is 2.31. The first kappa shape index (κ1) is 7.03. The molecule has 0 aromatic carbocycles. The number of nitrogens with one attached hydrogen (secondary N) is 1. The minimum Gasteiger partial charge on any atom is -0.394 e. The SMILES string of the molecule is CC[C@]1(CO)CCCN1. The molecule has 0 aromatic rings. The monoisotopic (exact) mass is 129 g/mol. The number of hydrogen-bond donors (Lipinski definition) is 2. The molecular formula is C7H15NO. The molecule has 0 amide bonds. The Hall–Kier alpha value is -0.0800. The summed E-state index contributed by atoms with van der Waals surface area (Å²) in [4.78, 5) is 0. The number of aliphatic hydroxyl groups is 1. The van der Waals surface area contributed by atoms with Crippen molar-refractivity contribution in [3.8, 4) is 0 Å². The predicted molar refractivity (Wildman–Crippen MR) is 37.3 cm³/mol. The minimum atomic E-state index is 0.0833. The Morgan fingerprint density at radius 3 is 2.67 bits per heavy atom. The van der Waals surface area contributed by atoms with E-state index in [1.54, 1.807) is 0 Å². The van der Waals surface area contributed by atoms with E-state index in [0.29, 0.717) is 6.61 Å². The van der Waals surface area contributed by atoms with Gasteiger partial charge in [-0.15, -0.1) is 0 Å². The van der Waals surface area contributed by atoms with Crippen LogP contribution >= 0.6 is 0 Å². The van der Waals surface area contributed by atoms with E-state index in [1.165, 1.54) is 6.42 Å². The van der Waals surface area contributed by atoms with Crippen LogP contribution in [0.2, 0.25) is 0 Å². The van der Waals surface area contributed by atoms with E-state index in [9.17, 15) is 0 Å². The van der Waals surface area contributed by atoms with E-state index in [0.717, 1.165) is 19.4 Å². The second-order valence-corrected chi connectivity index (χ2v) is 2.82. The lowest BCUT2D eigenvalue weighted by Gasteiger charge is -2.24. The van der Waals surface area contributed by atoms with Gasteiger partial charge in [0.05, 0.1) is 6.61 Å². The van der Waals surface area contributed by atoms with Crippen LogP contribution in [0.5, 0.6) is 0 Å². The highest BCUT2D eigenvalue weighted by atomic mass is 16.3. The second-order valence-electron chi connectivity index (χ2n) is 2.82. The molecule has 1 atom stereocenters. The first-order valence-electron chi connectivity index (χ1n) is 3.69. The fourth-order valence-electron chi connectivity index (χ4n) is 1.42. The standard InChI is InChI=1S/C7H15NO/c1-2-7(6-9)4-3-5-8-7/h8-9H,2-6H2,1H3/t7-/m1/s1. The highest BCUT2D eigenvalue weighted by Gasteiger charge is 2.29. The molecule has 0 radical (unpaired) electrons. The van der Waals surface area contributed by atoms with Crippen molar-refractivity contribution >= 4 is 0 Å². The van der Waals surface area contributed by atoms with Crippen molar-refractivity contribution in [2.75, 3.05) is 13.2 Å². The molecule has 1 fully saturated rings. The molecule has 54 valence electrons. The van der Waals surface area contributed by atoms with Crippen LogP contribution in [-0.2, 0) is 0 Å². The van der Waals surface area contributed by atoms with Crippen LogP contribution in [0.3, 0.4) is 0 Å². The van der Waals surface area contributed by atoms with Crippen molar-refractivity contribution in [1.29, 1.82) is 0 Å². The summed E-state index contributed by atoms with van der Waals surface area (Å²) in [5, 5.41) is 12.3. The highest BCUT2D eigenvalue weighted by molar-refractivity contribution is 4.90. The van der Waals surface area contributed by atoms with Gasteiger partial charge >= 0.3 is 0 Å². The van der Waals surface area contributed by atoms with Gasteiger partial charge < -0.3 is 10.4 Å². The molecule has 2 nitrogen and oxygen atoms in total. The van der Waals surface area contributed by atoms with Gasteiger partial charge in [-0.25, -0.2) is 0 Å². The molecule has 1 rings (SSSR count). The number of aliphatic hydroxyl groups excluding tert-OH is 1. The first-order chi connectivity index (χ1) is 4.33. The molecule has 0 saturated carbocycles. The van der Waals surface area contributed by atoms with Gasteiger partial charge in [0.2, 0.25) is 0 Å². The maximum Gasteiger partial charge on any atom is 0.0613 e. The smallest absolute Gasteiger partial charge is 0.0613 e. The molecule has 0 bridgehead atoms. The Balaban J connectivity index is 2.45. The van der Waals surface area contributed by atoms with Gasteiger partial charge in [-0.3, -0.25) is 0 Å².